The SMILES string of the molecule is COc1ccc([C@@]23Oc4cc(C#N)cnc4[C@]2(O)[C@H](O)[C@@H](C(=O)N(C)C)[C@H]3c2ccccc2)cc1. The van der Waals surface area contributed by atoms with Gasteiger partial charge in [0.05, 0.1) is 18.6 Å². The number of fused-ring (bicyclic) bond motifs is 3. The Hall–Kier alpha value is -3.93. The summed E-state index contributed by atoms with van der Waals surface area (Å²) in [5.74, 6) is -1.37. The fraction of sp³-hybridized carbons (Fsp3) is 0.296. The standard InChI is InChI=1S/C27H25N3O5/c1-30(2)25(32)21-22(17-7-5-4-6-8-17)27(18-9-11-19(34-3)12-10-18)26(33,24(21)31)23-20(35-27)13-16(14-28)15-29-23/h4-13,15,21-22,24,31,33H,1-3H3/t21-,22+,24+,26-,27-/m0/s1. The number of ether oxygens (including phenoxy) is 2. The third-order valence-corrected chi connectivity index (χ3v) is 7.15. The number of pyridine rings is 1. The quantitative estimate of drug-likeness (QED) is 0.600. The molecule has 2 heterocycles. The third-order valence-electron chi connectivity index (χ3n) is 7.15. The average Bonchev–Trinajstić information content (AvgIpc) is 3.26. The Bertz CT molecular complexity index is 1320. The Morgan fingerprint density at radius 2 is 1.86 bits per heavy atom. The van der Waals surface area contributed by atoms with Gasteiger partial charge >= 0.3 is 0 Å². The minimum Gasteiger partial charge on any atom is -0.497 e. The highest BCUT2D eigenvalue weighted by molar-refractivity contribution is 5.82. The van der Waals surface area contributed by atoms with Gasteiger partial charge in [-0.3, -0.25) is 9.78 Å². The Kier molecular flexibility index (Phi) is 5.28. The number of benzene rings is 2. The van der Waals surface area contributed by atoms with Crippen molar-refractivity contribution in [2.45, 2.75) is 23.2 Å². The second-order valence-corrected chi connectivity index (χ2v) is 9.11. The van der Waals surface area contributed by atoms with Gasteiger partial charge in [-0.25, -0.2) is 0 Å². The van der Waals surface area contributed by atoms with E-state index in [1.54, 1.807) is 45.5 Å². The highest BCUT2D eigenvalue weighted by Crippen LogP contribution is 2.68. The first-order valence-corrected chi connectivity index (χ1v) is 11.2. The highest BCUT2D eigenvalue weighted by Gasteiger charge is 2.78. The molecular weight excluding hydrogens is 446 g/mol. The minimum absolute atomic E-state index is 0.0924. The molecule has 1 aliphatic carbocycles. The number of amides is 1. The highest BCUT2D eigenvalue weighted by atomic mass is 16.5. The number of hydrogen-bond donors (Lipinski definition) is 2. The van der Waals surface area contributed by atoms with Crippen molar-refractivity contribution in [3.8, 4) is 17.6 Å². The van der Waals surface area contributed by atoms with Crippen LogP contribution in [0.1, 0.15) is 28.3 Å². The molecule has 8 nitrogen and oxygen atoms in total. The van der Waals surface area contributed by atoms with Gasteiger partial charge in [0.15, 0.2) is 11.2 Å². The van der Waals surface area contributed by atoms with Crippen molar-refractivity contribution in [1.29, 1.82) is 5.26 Å². The molecule has 8 heteroatoms. The Morgan fingerprint density at radius 1 is 1.17 bits per heavy atom. The van der Waals surface area contributed by atoms with Crippen LogP contribution in [0.2, 0.25) is 0 Å². The summed E-state index contributed by atoms with van der Waals surface area (Å²) in [6.45, 7) is 0. The fourth-order valence-corrected chi connectivity index (χ4v) is 5.63. The third kappa shape index (κ3) is 2.99. The van der Waals surface area contributed by atoms with Crippen LogP contribution in [0.3, 0.4) is 0 Å². The summed E-state index contributed by atoms with van der Waals surface area (Å²) in [4.78, 5) is 19.3. The largest absolute Gasteiger partial charge is 0.497 e. The van der Waals surface area contributed by atoms with E-state index in [0.717, 1.165) is 0 Å². The van der Waals surface area contributed by atoms with Gasteiger partial charge in [-0.2, -0.15) is 5.26 Å². The fourth-order valence-electron chi connectivity index (χ4n) is 5.63. The zero-order chi connectivity index (χ0) is 25.0. The summed E-state index contributed by atoms with van der Waals surface area (Å²) in [6.07, 6.45) is -0.221. The summed E-state index contributed by atoms with van der Waals surface area (Å²) in [7, 11) is 4.78. The maximum Gasteiger partial charge on any atom is 0.228 e. The van der Waals surface area contributed by atoms with E-state index in [2.05, 4.69) is 4.98 Å². The first kappa shape index (κ1) is 22.8. The molecule has 5 atom stereocenters. The molecule has 2 aromatic carbocycles. The average molecular weight is 472 g/mol. The second-order valence-electron chi connectivity index (χ2n) is 9.11. The lowest BCUT2D eigenvalue weighted by Gasteiger charge is -2.40. The maximum absolute atomic E-state index is 13.5. The van der Waals surface area contributed by atoms with Gasteiger partial charge in [0, 0.05) is 32.3 Å². The topological polar surface area (TPSA) is 116 Å². The monoisotopic (exact) mass is 471 g/mol. The summed E-state index contributed by atoms with van der Waals surface area (Å²) in [6, 6.07) is 19.8. The van der Waals surface area contributed by atoms with E-state index in [-0.39, 0.29) is 22.9 Å². The molecule has 0 bridgehead atoms. The van der Waals surface area contributed by atoms with Crippen LogP contribution in [0.4, 0.5) is 0 Å². The lowest BCUT2D eigenvalue weighted by molar-refractivity contribution is -0.157. The predicted octanol–water partition coefficient (Wildman–Crippen LogP) is 2.30. The molecule has 1 aliphatic heterocycles. The van der Waals surface area contributed by atoms with Crippen LogP contribution in [-0.2, 0) is 16.0 Å². The first-order chi connectivity index (χ1) is 16.8. The molecule has 1 amide bonds. The number of aliphatic hydroxyl groups is 2. The van der Waals surface area contributed by atoms with E-state index in [1.807, 2.05) is 36.4 Å². The van der Waals surface area contributed by atoms with Crippen LogP contribution >= 0.6 is 0 Å². The molecule has 5 rings (SSSR count). The number of hydrogen-bond acceptors (Lipinski definition) is 7. The van der Waals surface area contributed by atoms with Gasteiger partial charge < -0.3 is 24.6 Å². The summed E-state index contributed by atoms with van der Waals surface area (Å²) >= 11 is 0. The predicted molar refractivity (Wildman–Crippen MR) is 126 cm³/mol. The molecule has 0 radical (unpaired) electrons. The molecular formula is C27H25N3O5. The van der Waals surface area contributed by atoms with Crippen molar-refractivity contribution >= 4 is 5.91 Å². The minimum atomic E-state index is -2.08. The molecule has 0 saturated heterocycles. The zero-order valence-corrected chi connectivity index (χ0v) is 19.5. The van der Waals surface area contributed by atoms with Crippen molar-refractivity contribution in [3.05, 3.63) is 89.2 Å². The molecule has 3 aromatic rings. The number of nitriles is 1. The molecule has 0 spiro atoms. The number of aromatic nitrogens is 1. The summed E-state index contributed by atoms with van der Waals surface area (Å²) < 4.78 is 11.9. The molecule has 35 heavy (non-hydrogen) atoms. The lowest BCUT2D eigenvalue weighted by Crippen LogP contribution is -2.52. The molecule has 1 fully saturated rings. The number of carbonyl (C=O) groups is 1. The van der Waals surface area contributed by atoms with Crippen molar-refractivity contribution in [2.75, 3.05) is 21.2 Å². The van der Waals surface area contributed by atoms with E-state index in [0.29, 0.717) is 16.9 Å². The van der Waals surface area contributed by atoms with Crippen LogP contribution in [0.15, 0.2) is 66.9 Å². The van der Waals surface area contributed by atoms with E-state index < -0.39 is 29.1 Å². The molecule has 1 aromatic heterocycles. The van der Waals surface area contributed by atoms with Gasteiger partial charge in [0.25, 0.3) is 0 Å². The molecule has 2 aliphatic rings. The maximum atomic E-state index is 13.5. The van der Waals surface area contributed by atoms with Crippen molar-refractivity contribution < 1.29 is 24.5 Å². The lowest BCUT2D eigenvalue weighted by atomic mass is 9.71. The van der Waals surface area contributed by atoms with E-state index in [9.17, 15) is 20.3 Å². The Balaban J connectivity index is 1.85. The van der Waals surface area contributed by atoms with Crippen LogP contribution in [0, 0.1) is 17.2 Å². The second kappa shape index (κ2) is 8.08. The first-order valence-electron chi connectivity index (χ1n) is 11.2. The van der Waals surface area contributed by atoms with Crippen LogP contribution in [-0.4, -0.2) is 53.3 Å². The Labute approximate surface area is 203 Å². The van der Waals surface area contributed by atoms with E-state index >= 15 is 0 Å². The van der Waals surface area contributed by atoms with Gasteiger partial charge in [0.1, 0.15) is 29.4 Å². The van der Waals surface area contributed by atoms with Gasteiger partial charge in [-0.05, 0) is 23.3 Å². The number of methoxy groups -OCH3 is 1. The summed E-state index contributed by atoms with van der Waals surface area (Å²) in [5.41, 5.74) is -2.09. The molecule has 0 unspecified atom stereocenters. The van der Waals surface area contributed by atoms with Gasteiger partial charge in [-0.15, -0.1) is 0 Å². The van der Waals surface area contributed by atoms with E-state index in [1.165, 1.54) is 17.2 Å². The number of aliphatic hydroxyl groups excluding tert-OH is 1. The van der Waals surface area contributed by atoms with Crippen LogP contribution in [0.25, 0.3) is 0 Å². The van der Waals surface area contributed by atoms with Crippen LogP contribution in [0.5, 0.6) is 11.5 Å². The molecule has 1 saturated carbocycles. The molecule has 178 valence electrons. The summed E-state index contributed by atoms with van der Waals surface area (Å²) in [5, 5.41) is 33.6. The zero-order valence-electron chi connectivity index (χ0n) is 19.5. The molecule has 2 N–H and O–H groups in total. The number of nitrogens with zero attached hydrogens (tertiary/aromatic N) is 3. The van der Waals surface area contributed by atoms with Gasteiger partial charge in [-0.1, -0.05) is 42.5 Å². The normalized spacial score (nSPS) is 28.4. The van der Waals surface area contributed by atoms with Crippen molar-refractivity contribution in [1.82, 2.24) is 9.88 Å². The van der Waals surface area contributed by atoms with Crippen molar-refractivity contribution in [2.24, 2.45) is 5.92 Å². The van der Waals surface area contributed by atoms with Crippen LogP contribution < -0.4 is 9.47 Å². The van der Waals surface area contributed by atoms with Gasteiger partial charge in [0.2, 0.25) is 5.91 Å². The van der Waals surface area contributed by atoms with E-state index in [4.69, 9.17) is 9.47 Å². The van der Waals surface area contributed by atoms with Crippen molar-refractivity contribution in [3.63, 3.8) is 0 Å². The Morgan fingerprint density at radius 3 is 2.46 bits per heavy atom. The number of carbonyl (C=O) groups excluding carboxylic acids is 1. The smallest absolute Gasteiger partial charge is 0.228 e. The number of rotatable bonds is 4.